The SMILES string of the molecule is C=C.CCCCc1nc(C)cn1CC. The summed E-state index contributed by atoms with van der Waals surface area (Å²) < 4.78 is 2.24. The number of rotatable bonds is 4. The lowest BCUT2D eigenvalue weighted by Gasteiger charge is -2.02. The van der Waals surface area contributed by atoms with Crippen molar-refractivity contribution >= 4 is 0 Å². The summed E-state index contributed by atoms with van der Waals surface area (Å²) in [5.74, 6) is 1.25. The number of unbranched alkanes of at least 4 members (excludes halogenated alkanes) is 1. The number of nitrogens with zero attached hydrogens (tertiary/aromatic N) is 2. The number of aryl methyl sites for hydroxylation is 3. The first-order valence-corrected chi connectivity index (χ1v) is 5.30. The van der Waals surface area contributed by atoms with Gasteiger partial charge in [-0.3, -0.25) is 0 Å². The second-order valence-electron chi connectivity index (χ2n) is 3.19. The van der Waals surface area contributed by atoms with Crippen molar-refractivity contribution < 1.29 is 0 Å². The van der Waals surface area contributed by atoms with Gasteiger partial charge in [-0.25, -0.2) is 4.98 Å². The molecule has 0 aromatic carbocycles. The molecule has 1 aromatic rings. The molecule has 0 saturated carbocycles. The van der Waals surface area contributed by atoms with Crippen molar-refractivity contribution in [2.45, 2.75) is 46.6 Å². The van der Waals surface area contributed by atoms with Crippen LogP contribution in [0, 0.1) is 6.92 Å². The summed E-state index contributed by atoms with van der Waals surface area (Å²) in [6, 6.07) is 0. The zero-order valence-electron chi connectivity index (χ0n) is 9.71. The first-order chi connectivity index (χ1) is 6.77. The van der Waals surface area contributed by atoms with Crippen LogP contribution in [-0.2, 0) is 13.0 Å². The minimum Gasteiger partial charge on any atom is -0.335 e. The predicted molar refractivity (Wildman–Crippen MR) is 62.5 cm³/mol. The Bertz CT molecular complexity index is 251. The van der Waals surface area contributed by atoms with Crippen LogP contribution in [0.25, 0.3) is 0 Å². The van der Waals surface area contributed by atoms with Gasteiger partial charge in [-0.1, -0.05) is 13.3 Å². The summed E-state index contributed by atoms with van der Waals surface area (Å²) in [7, 11) is 0. The Balaban J connectivity index is 0.000000791. The number of hydrogen-bond acceptors (Lipinski definition) is 1. The Kier molecular flexibility index (Phi) is 6.81. The number of hydrogen-bond donors (Lipinski definition) is 0. The van der Waals surface area contributed by atoms with E-state index >= 15 is 0 Å². The van der Waals surface area contributed by atoms with Crippen molar-refractivity contribution in [3.8, 4) is 0 Å². The van der Waals surface area contributed by atoms with Crippen LogP contribution < -0.4 is 0 Å². The fourth-order valence-electron chi connectivity index (χ4n) is 1.40. The zero-order valence-corrected chi connectivity index (χ0v) is 9.71. The van der Waals surface area contributed by atoms with Crippen molar-refractivity contribution in [3.05, 3.63) is 30.9 Å². The van der Waals surface area contributed by atoms with Crippen molar-refractivity contribution in [3.63, 3.8) is 0 Å². The fraction of sp³-hybridized carbons (Fsp3) is 0.583. The summed E-state index contributed by atoms with van der Waals surface area (Å²) in [4.78, 5) is 4.48. The van der Waals surface area contributed by atoms with Gasteiger partial charge in [0, 0.05) is 19.2 Å². The lowest BCUT2D eigenvalue weighted by atomic mass is 10.2. The average molecular weight is 194 g/mol. The first-order valence-electron chi connectivity index (χ1n) is 5.30. The topological polar surface area (TPSA) is 17.8 Å². The molecule has 0 aliphatic rings. The van der Waals surface area contributed by atoms with Gasteiger partial charge in [0.25, 0.3) is 0 Å². The molecule has 80 valence electrons. The summed E-state index contributed by atoms with van der Waals surface area (Å²) in [5, 5.41) is 0. The number of imidazole rings is 1. The maximum Gasteiger partial charge on any atom is 0.108 e. The highest BCUT2D eigenvalue weighted by atomic mass is 15.1. The molecule has 1 aromatic heterocycles. The van der Waals surface area contributed by atoms with E-state index in [9.17, 15) is 0 Å². The molecule has 2 heteroatoms. The number of aromatic nitrogens is 2. The van der Waals surface area contributed by atoms with Crippen molar-refractivity contribution in [1.82, 2.24) is 9.55 Å². The Hall–Kier alpha value is -1.05. The minimum absolute atomic E-state index is 1.04. The molecule has 0 atom stereocenters. The smallest absolute Gasteiger partial charge is 0.108 e. The van der Waals surface area contributed by atoms with E-state index < -0.39 is 0 Å². The van der Waals surface area contributed by atoms with E-state index in [1.54, 1.807) is 0 Å². The van der Waals surface area contributed by atoms with E-state index in [0.29, 0.717) is 0 Å². The first kappa shape index (κ1) is 12.9. The van der Waals surface area contributed by atoms with Gasteiger partial charge in [0.2, 0.25) is 0 Å². The van der Waals surface area contributed by atoms with E-state index in [1.165, 1.54) is 18.7 Å². The summed E-state index contributed by atoms with van der Waals surface area (Å²) in [6.07, 6.45) is 5.75. The fourth-order valence-corrected chi connectivity index (χ4v) is 1.40. The van der Waals surface area contributed by atoms with Gasteiger partial charge in [0.1, 0.15) is 5.82 Å². The zero-order chi connectivity index (χ0) is 11.0. The Morgan fingerprint density at radius 1 is 1.36 bits per heavy atom. The quantitative estimate of drug-likeness (QED) is 0.672. The van der Waals surface area contributed by atoms with Crippen LogP contribution >= 0.6 is 0 Å². The third kappa shape index (κ3) is 3.77. The Morgan fingerprint density at radius 3 is 2.50 bits per heavy atom. The van der Waals surface area contributed by atoms with Crippen LogP contribution in [0.5, 0.6) is 0 Å². The van der Waals surface area contributed by atoms with E-state index in [-0.39, 0.29) is 0 Å². The van der Waals surface area contributed by atoms with Crippen LogP contribution in [-0.4, -0.2) is 9.55 Å². The molecular formula is C12H22N2. The summed E-state index contributed by atoms with van der Waals surface area (Å²) in [5.41, 5.74) is 1.14. The maximum absolute atomic E-state index is 4.48. The third-order valence-corrected chi connectivity index (χ3v) is 2.07. The molecule has 0 spiro atoms. The van der Waals surface area contributed by atoms with Crippen molar-refractivity contribution in [1.29, 1.82) is 0 Å². The Morgan fingerprint density at radius 2 is 2.00 bits per heavy atom. The van der Waals surface area contributed by atoms with E-state index in [1.807, 2.05) is 0 Å². The van der Waals surface area contributed by atoms with Crippen LogP contribution in [0.3, 0.4) is 0 Å². The molecule has 0 radical (unpaired) electrons. The van der Waals surface area contributed by atoms with Crippen LogP contribution in [0.2, 0.25) is 0 Å². The van der Waals surface area contributed by atoms with Gasteiger partial charge in [0.15, 0.2) is 0 Å². The van der Waals surface area contributed by atoms with Gasteiger partial charge in [0.05, 0.1) is 5.69 Å². The predicted octanol–water partition coefficient (Wildman–Crippen LogP) is 3.36. The van der Waals surface area contributed by atoms with Crippen LogP contribution in [0.15, 0.2) is 19.4 Å². The highest BCUT2D eigenvalue weighted by molar-refractivity contribution is 5.02. The highest BCUT2D eigenvalue weighted by Crippen LogP contribution is 2.06. The van der Waals surface area contributed by atoms with E-state index in [4.69, 9.17) is 0 Å². The normalized spacial score (nSPS) is 9.36. The van der Waals surface area contributed by atoms with E-state index in [0.717, 1.165) is 18.7 Å². The molecule has 1 rings (SSSR count). The van der Waals surface area contributed by atoms with Gasteiger partial charge in [-0.05, 0) is 20.3 Å². The molecule has 0 unspecified atom stereocenters. The van der Waals surface area contributed by atoms with Crippen molar-refractivity contribution in [2.75, 3.05) is 0 Å². The van der Waals surface area contributed by atoms with Gasteiger partial charge in [-0.15, -0.1) is 13.2 Å². The van der Waals surface area contributed by atoms with Crippen LogP contribution in [0.4, 0.5) is 0 Å². The molecule has 0 saturated heterocycles. The largest absolute Gasteiger partial charge is 0.335 e. The van der Waals surface area contributed by atoms with Gasteiger partial charge < -0.3 is 4.57 Å². The maximum atomic E-state index is 4.48. The molecule has 0 aliphatic heterocycles. The molecule has 0 aliphatic carbocycles. The Labute approximate surface area is 87.7 Å². The lowest BCUT2D eigenvalue weighted by Crippen LogP contribution is -2.00. The second kappa shape index (κ2) is 7.36. The molecule has 0 bridgehead atoms. The van der Waals surface area contributed by atoms with Crippen LogP contribution in [0.1, 0.15) is 38.2 Å². The molecule has 0 fully saturated rings. The van der Waals surface area contributed by atoms with Crippen molar-refractivity contribution in [2.24, 2.45) is 0 Å². The molecular weight excluding hydrogens is 172 g/mol. The van der Waals surface area contributed by atoms with Gasteiger partial charge >= 0.3 is 0 Å². The molecule has 1 heterocycles. The second-order valence-corrected chi connectivity index (χ2v) is 3.19. The summed E-state index contributed by atoms with van der Waals surface area (Å²) in [6.45, 7) is 13.5. The highest BCUT2D eigenvalue weighted by Gasteiger charge is 2.02. The average Bonchev–Trinajstić information content (AvgIpc) is 2.59. The molecule has 0 N–H and O–H groups in total. The molecule has 0 amide bonds. The third-order valence-electron chi connectivity index (χ3n) is 2.07. The lowest BCUT2D eigenvalue weighted by molar-refractivity contribution is 0.662. The monoisotopic (exact) mass is 194 g/mol. The van der Waals surface area contributed by atoms with E-state index in [2.05, 4.69) is 49.7 Å². The minimum atomic E-state index is 1.04. The van der Waals surface area contributed by atoms with Gasteiger partial charge in [-0.2, -0.15) is 0 Å². The molecule has 2 nitrogen and oxygen atoms in total. The summed E-state index contributed by atoms with van der Waals surface area (Å²) >= 11 is 0. The standard InChI is InChI=1S/C10H18N2.C2H4/c1-4-6-7-10-11-9(3)8-12(10)5-2;1-2/h8H,4-7H2,1-3H3;1-2H2. The molecule has 14 heavy (non-hydrogen) atoms.